The van der Waals surface area contributed by atoms with E-state index >= 15 is 0 Å². The Morgan fingerprint density at radius 3 is 2.44 bits per heavy atom. The van der Waals surface area contributed by atoms with Gasteiger partial charge >= 0.3 is 0 Å². The number of nitrogens with zero attached hydrogens (tertiary/aromatic N) is 1. The summed E-state index contributed by atoms with van der Waals surface area (Å²) < 4.78 is 0. The van der Waals surface area contributed by atoms with E-state index in [0.29, 0.717) is 0 Å². The molecule has 102 valence electrons. The van der Waals surface area contributed by atoms with Crippen molar-refractivity contribution in [1.82, 2.24) is 5.32 Å². The van der Waals surface area contributed by atoms with E-state index in [0.717, 1.165) is 19.6 Å². The van der Waals surface area contributed by atoms with E-state index in [2.05, 4.69) is 70.1 Å². The number of hydrogen-bond donors (Lipinski definition) is 1. The van der Waals surface area contributed by atoms with E-state index in [1.807, 2.05) is 0 Å². The van der Waals surface area contributed by atoms with Crippen LogP contribution in [0.25, 0.3) is 0 Å². The molecule has 0 saturated carbocycles. The molecule has 0 amide bonds. The molecule has 1 rings (SSSR count). The van der Waals surface area contributed by atoms with Crippen molar-refractivity contribution < 1.29 is 0 Å². The zero-order chi connectivity index (χ0) is 13.8. The summed E-state index contributed by atoms with van der Waals surface area (Å²) in [6.07, 6.45) is 0. The van der Waals surface area contributed by atoms with E-state index in [9.17, 15) is 0 Å². The van der Waals surface area contributed by atoms with Crippen molar-refractivity contribution in [1.29, 1.82) is 0 Å². The highest BCUT2D eigenvalue weighted by Crippen LogP contribution is 2.28. The highest BCUT2D eigenvalue weighted by atomic mass is 15.1. The summed E-state index contributed by atoms with van der Waals surface area (Å²) in [6.45, 7) is 14.2. The second-order valence-corrected chi connectivity index (χ2v) is 6.03. The SMILES string of the molecule is CCNCCN(C)c1cc(C(C)(C)C)ccc1C. The van der Waals surface area contributed by atoms with Crippen molar-refractivity contribution in [2.45, 2.75) is 40.0 Å². The van der Waals surface area contributed by atoms with Gasteiger partial charge in [0, 0.05) is 25.8 Å². The lowest BCUT2D eigenvalue weighted by Crippen LogP contribution is -2.29. The van der Waals surface area contributed by atoms with Crippen LogP contribution in [0.3, 0.4) is 0 Å². The fourth-order valence-corrected chi connectivity index (χ4v) is 2.03. The minimum absolute atomic E-state index is 0.213. The van der Waals surface area contributed by atoms with Crippen LogP contribution in [0.5, 0.6) is 0 Å². The lowest BCUT2D eigenvalue weighted by molar-refractivity contribution is 0.589. The third kappa shape index (κ3) is 4.02. The van der Waals surface area contributed by atoms with Crippen molar-refractivity contribution in [3.63, 3.8) is 0 Å². The molecule has 0 aliphatic rings. The zero-order valence-corrected chi connectivity index (χ0v) is 12.8. The summed E-state index contributed by atoms with van der Waals surface area (Å²) in [5.41, 5.74) is 4.31. The molecule has 2 heteroatoms. The fourth-order valence-electron chi connectivity index (χ4n) is 2.03. The summed E-state index contributed by atoms with van der Waals surface area (Å²) in [6, 6.07) is 6.82. The molecule has 0 spiro atoms. The van der Waals surface area contributed by atoms with Gasteiger partial charge in [0.2, 0.25) is 0 Å². The maximum absolute atomic E-state index is 3.37. The lowest BCUT2D eigenvalue weighted by Gasteiger charge is -2.26. The van der Waals surface area contributed by atoms with Gasteiger partial charge in [-0.25, -0.2) is 0 Å². The summed E-state index contributed by atoms with van der Waals surface area (Å²) in [4.78, 5) is 2.34. The molecule has 0 radical (unpaired) electrons. The largest absolute Gasteiger partial charge is 0.373 e. The van der Waals surface area contributed by atoms with Crippen LogP contribution in [0.2, 0.25) is 0 Å². The van der Waals surface area contributed by atoms with Gasteiger partial charge in [-0.15, -0.1) is 0 Å². The monoisotopic (exact) mass is 248 g/mol. The predicted molar refractivity (Wildman–Crippen MR) is 81.7 cm³/mol. The van der Waals surface area contributed by atoms with Gasteiger partial charge in [0.1, 0.15) is 0 Å². The molecule has 0 saturated heterocycles. The van der Waals surface area contributed by atoms with Crippen LogP contribution in [-0.4, -0.2) is 26.7 Å². The number of rotatable bonds is 5. The molecule has 0 atom stereocenters. The molecule has 2 nitrogen and oxygen atoms in total. The van der Waals surface area contributed by atoms with Gasteiger partial charge in [0.05, 0.1) is 0 Å². The van der Waals surface area contributed by atoms with Gasteiger partial charge in [-0.2, -0.15) is 0 Å². The van der Waals surface area contributed by atoms with Crippen LogP contribution in [0.15, 0.2) is 18.2 Å². The Labute approximate surface area is 112 Å². The number of aryl methyl sites for hydroxylation is 1. The Bertz CT molecular complexity index is 377. The average molecular weight is 248 g/mol. The molecule has 0 bridgehead atoms. The third-order valence-electron chi connectivity index (χ3n) is 3.36. The number of nitrogens with one attached hydrogen (secondary N) is 1. The number of likely N-dealkylation sites (N-methyl/N-ethyl adjacent to an activating group) is 2. The van der Waals surface area contributed by atoms with Crippen molar-refractivity contribution in [3.05, 3.63) is 29.3 Å². The first-order chi connectivity index (χ1) is 8.36. The Hall–Kier alpha value is -1.02. The molecule has 1 aromatic rings. The van der Waals surface area contributed by atoms with E-state index in [4.69, 9.17) is 0 Å². The van der Waals surface area contributed by atoms with Crippen LogP contribution < -0.4 is 10.2 Å². The normalized spacial score (nSPS) is 11.7. The smallest absolute Gasteiger partial charge is 0.0396 e. The molecular weight excluding hydrogens is 220 g/mol. The summed E-state index contributed by atoms with van der Waals surface area (Å²) in [5, 5.41) is 3.37. The average Bonchev–Trinajstić information content (AvgIpc) is 2.28. The van der Waals surface area contributed by atoms with Gasteiger partial charge in [-0.05, 0) is 36.1 Å². The van der Waals surface area contributed by atoms with Crippen LogP contribution >= 0.6 is 0 Å². The fraction of sp³-hybridized carbons (Fsp3) is 0.625. The summed E-state index contributed by atoms with van der Waals surface area (Å²) in [5.74, 6) is 0. The number of anilines is 1. The van der Waals surface area contributed by atoms with Crippen LogP contribution in [0.4, 0.5) is 5.69 Å². The van der Waals surface area contributed by atoms with Crippen LogP contribution in [0.1, 0.15) is 38.8 Å². The first-order valence-corrected chi connectivity index (χ1v) is 6.89. The molecule has 0 unspecified atom stereocenters. The summed E-state index contributed by atoms with van der Waals surface area (Å²) in [7, 11) is 2.17. The van der Waals surface area contributed by atoms with Crippen molar-refractivity contribution in [3.8, 4) is 0 Å². The second kappa shape index (κ2) is 6.24. The zero-order valence-electron chi connectivity index (χ0n) is 12.8. The van der Waals surface area contributed by atoms with Gasteiger partial charge in [-0.1, -0.05) is 39.8 Å². The van der Waals surface area contributed by atoms with Gasteiger partial charge in [0.25, 0.3) is 0 Å². The predicted octanol–water partition coefficient (Wildman–Crippen LogP) is 3.34. The molecule has 0 aliphatic carbocycles. The van der Waals surface area contributed by atoms with Crippen molar-refractivity contribution in [2.24, 2.45) is 0 Å². The quantitative estimate of drug-likeness (QED) is 0.804. The van der Waals surface area contributed by atoms with Crippen LogP contribution in [-0.2, 0) is 5.41 Å². The van der Waals surface area contributed by atoms with Gasteiger partial charge in [0.15, 0.2) is 0 Å². The van der Waals surface area contributed by atoms with E-state index in [-0.39, 0.29) is 5.41 Å². The highest BCUT2D eigenvalue weighted by molar-refractivity contribution is 5.55. The minimum atomic E-state index is 0.213. The molecule has 0 aromatic heterocycles. The Morgan fingerprint density at radius 2 is 1.89 bits per heavy atom. The first-order valence-electron chi connectivity index (χ1n) is 6.89. The van der Waals surface area contributed by atoms with Gasteiger partial charge in [-0.3, -0.25) is 0 Å². The first kappa shape index (κ1) is 15.0. The number of benzene rings is 1. The molecule has 18 heavy (non-hydrogen) atoms. The molecule has 1 N–H and O–H groups in total. The second-order valence-electron chi connectivity index (χ2n) is 6.03. The van der Waals surface area contributed by atoms with E-state index < -0.39 is 0 Å². The minimum Gasteiger partial charge on any atom is -0.373 e. The molecule has 0 fully saturated rings. The molecule has 0 heterocycles. The Kier molecular flexibility index (Phi) is 5.21. The Balaban J connectivity index is 2.86. The molecule has 1 aromatic carbocycles. The Morgan fingerprint density at radius 1 is 1.22 bits per heavy atom. The highest BCUT2D eigenvalue weighted by Gasteiger charge is 2.15. The lowest BCUT2D eigenvalue weighted by atomic mass is 9.86. The van der Waals surface area contributed by atoms with Crippen LogP contribution in [0, 0.1) is 6.92 Å². The third-order valence-corrected chi connectivity index (χ3v) is 3.36. The van der Waals surface area contributed by atoms with Crippen molar-refractivity contribution in [2.75, 3.05) is 31.6 Å². The standard InChI is InChI=1S/C16H28N2/c1-7-17-10-11-18(6)15-12-14(16(3,4)5)9-8-13(15)2/h8-9,12,17H,7,10-11H2,1-6H3. The van der Waals surface area contributed by atoms with Gasteiger partial charge < -0.3 is 10.2 Å². The summed E-state index contributed by atoms with van der Waals surface area (Å²) >= 11 is 0. The number of hydrogen-bond acceptors (Lipinski definition) is 2. The molecule has 0 aliphatic heterocycles. The van der Waals surface area contributed by atoms with E-state index in [1.54, 1.807) is 0 Å². The topological polar surface area (TPSA) is 15.3 Å². The van der Waals surface area contributed by atoms with E-state index in [1.165, 1.54) is 16.8 Å². The molecular formula is C16H28N2. The van der Waals surface area contributed by atoms with Crippen molar-refractivity contribution >= 4 is 5.69 Å². The maximum Gasteiger partial charge on any atom is 0.0396 e. The maximum atomic E-state index is 3.37.